The predicted molar refractivity (Wildman–Crippen MR) is 53.7 cm³/mol. The molecule has 0 saturated heterocycles. The highest BCUT2D eigenvalue weighted by Gasteiger charge is 2.27. The molecule has 1 aromatic heterocycles. The number of alkyl halides is 2. The fourth-order valence-electron chi connectivity index (χ4n) is 0.920. The third-order valence-electron chi connectivity index (χ3n) is 1.66. The summed E-state index contributed by atoms with van der Waals surface area (Å²) in [4.78, 5) is 7.58. The van der Waals surface area contributed by atoms with E-state index in [1.54, 1.807) is 6.92 Å². The lowest BCUT2D eigenvalue weighted by Gasteiger charge is -2.13. The quantitative estimate of drug-likeness (QED) is 0.764. The summed E-state index contributed by atoms with van der Waals surface area (Å²) >= 11 is 0. The van der Waals surface area contributed by atoms with Crippen molar-refractivity contribution in [2.75, 3.05) is 25.1 Å². The zero-order valence-corrected chi connectivity index (χ0v) is 8.78. The van der Waals surface area contributed by atoms with Crippen molar-refractivity contribution < 1.29 is 18.6 Å². The normalized spacial score (nSPS) is 11.2. The van der Waals surface area contributed by atoms with E-state index in [-0.39, 0.29) is 5.95 Å². The average molecular weight is 233 g/mol. The van der Waals surface area contributed by atoms with E-state index in [9.17, 15) is 8.78 Å². The Kier molecular flexibility index (Phi) is 4.36. The molecule has 1 rings (SSSR count). The summed E-state index contributed by atoms with van der Waals surface area (Å²) in [6.45, 7) is 0.280. The molecule has 0 spiro atoms. The molecule has 0 amide bonds. The van der Waals surface area contributed by atoms with Crippen LogP contribution in [0.5, 0.6) is 5.88 Å². The zero-order valence-electron chi connectivity index (χ0n) is 8.78. The number of halogens is 2. The molecule has 0 saturated carbocycles. The number of nitrogens with one attached hydrogen (secondary N) is 1. The first kappa shape index (κ1) is 12.6. The van der Waals surface area contributed by atoms with Crippen LogP contribution in [0.1, 0.15) is 6.92 Å². The highest BCUT2D eigenvalue weighted by molar-refractivity contribution is 5.27. The van der Waals surface area contributed by atoms with Crippen molar-refractivity contribution in [3.63, 3.8) is 0 Å². The van der Waals surface area contributed by atoms with Gasteiger partial charge in [0.05, 0.1) is 13.2 Å². The van der Waals surface area contributed by atoms with Gasteiger partial charge in [0.1, 0.15) is 6.61 Å². The minimum Gasteiger partial charge on any atom is -0.478 e. The van der Waals surface area contributed by atoms with E-state index >= 15 is 0 Å². The monoisotopic (exact) mass is 233 g/mol. The Hall–Kier alpha value is -1.50. The first-order valence-corrected chi connectivity index (χ1v) is 4.76. The van der Waals surface area contributed by atoms with Gasteiger partial charge >= 0.3 is 0 Å². The summed E-state index contributed by atoms with van der Waals surface area (Å²) in [5.74, 6) is -2.84. The van der Waals surface area contributed by atoms with Gasteiger partial charge in [-0.2, -0.15) is 4.98 Å². The number of ether oxygens (including phenoxy) is 1. The first-order valence-electron chi connectivity index (χ1n) is 4.76. The smallest absolute Gasteiger partial charge is 0.287 e. The molecule has 16 heavy (non-hydrogen) atoms. The lowest BCUT2D eigenvalue weighted by molar-refractivity contribution is -0.0374. The van der Waals surface area contributed by atoms with Gasteiger partial charge in [0, 0.05) is 12.3 Å². The number of anilines is 1. The molecule has 0 radical (unpaired) electrons. The number of aliphatic hydroxyl groups is 1. The van der Waals surface area contributed by atoms with Gasteiger partial charge in [-0.25, -0.2) is 13.8 Å². The maximum Gasteiger partial charge on any atom is 0.287 e. The second-order valence-electron chi connectivity index (χ2n) is 3.02. The lowest BCUT2D eigenvalue weighted by Crippen LogP contribution is -2.31. The minimum atomic E-state index is -3.19. The number of rotatable bonds is 6. The van der Waals surface area contributed by atoms with Crippen molar-refractivity contribution in [2.24, 2.45) is 0 Å². The van der Waals surface area contributed by atoms with Crippen molar-refractivity contribution in [1.29, 1.82) is 0 Å². The summed E-state index contributed by atoms with van der Waals surface area (Å²) < 4.78 is 30.5. The standard InChI is InChI=1S/C9H13F2N3O2/c1-2-16-7-3-4-12-8(14-7)13-5-9(10,11)6-15/h3-4,15H,2,5-6H2,1H3,(H,12,13,14). The Bertz CT molecular complexity index is 336. The third-order valence-corrected chi connectivity index (χ3v) is 1.66. The number of nitrogens with zero attached hydrogens (tertiary/aromatic N) is 2. The maximum atomic E-state index is 12.7. The molecule has 90 valence electrons. The molecule has 7 heteroatoms. The number of aliphatic hydroxyl groups excluding tert-OH is 1. The molecule has 2 N–H and O–H groups in total. The summed E-state index contributed by atoms with van der Waals surface area (Å²) in [6, 6.07) is 1.53. The Morgan fingerprint density at radius 2 is 2.31 bits per heavy atom. The molecule has 0 aromatic carbocycles. The topological polar surface area (TPSA) is 67.3 Å². The van der Waals surface area contributed by atoms with Gasteiger partial charge in [-0.15, -0.1) is 0 Å². The second kappa shape index (κ2) is 5.55. The molecular formula is C9H13F2N3O2. The van der Waals surface area contributed by atoms with Crippen molar-refractivity contribution in [1.82, 2.24) is 9.97 Å². The molecule has 0 aliphatic carbocycles. The number of aromatic nitrogens is 2. The van der Waals surface area contributed by atoms with Crippen LogP contribution in [0.25, 0.3) is 0 Å². The summed E-state index contributed by atoms with van der Waals surface area (Å²) in [6.07, 6.45) is 1.40. The van der Waals surface area contributed by atoms with Crippen LogP contribution in [0.2, 0.25) is 0 Å². The molecule has 0 unspecified atom stereocenters. The van der Waals surface area contributed by atoms with Crippen LogP contribution in [0, 0.1) is 0 Å². The fourth-order valence-corrected chi connectivity index (χ4v) is 0.920. The second-order valence-corrected chi connectivity index (χ2v) is 3.02. The molecule has 0 atom stereocenters. The SMILES string of the molecule is CCOc1ccnc(NCC(F)(F)CO)n1. The van der Waals surface area contributed by atoms with E-state index in [0.29, 0.717) is 12.5 Å². The number of hydrogen-bond donors (Lipinski definition) is 2. The van der Waals surface area contributed by atoms with Crippen LogP contribution in [0.15, 0.2) is 12.3 Å². The van der Waals surface area contributed by atoms with Crippen LogP contribution in [0.4, 0.5) is 14.7 Å². The Morgan fingerprint density at radius 1 is 1.56 bits per heavy atom. The molecule has 0 aliphatic rings. The fraction of sp³-hybridized carbons (Fsp3) is 0.556. The van der Waals surface area contributed by atoms with Crippen molar-refractivity contribution >= 4 is 5.95 Å². The highest BCUT2D eigenvalue weighted by Crippen LogP contribution is 2.13. The summed E-state index contributed by atoms with van der Waals surface area (Å²) in [5, 5.41) is 10.7. The summed E-state index contributed by atoms with van der Waals surface area (Å²) in [7, 11) is 0. The van der Waals surface area contributed by atoms with E-state index in [1.807, 2.05) is 0 Å². The van der Waals surface area contributed by atoms with Crippen LogP contribution >= 0.6 is 0 Å². The van der Waals surface area contributed by atoms with Gasteiger partial charge in [0.15, 0.2) is 0 Å². The van der Waals surface area contributed by atoms with E-state index in [4.69, 9.17) is 9.84 Å². The van der Waals surface area contributed by atoms with Crippen LogP contribution in [0.3, 0.4) is 0 Å². The number of hydrogen-bond acceptors (Lipinski definition) is 5. The van der Waals surface area contributed by atoms with Gasteiger partial charge in [-0.3, -0.25) is 0 Å². The Balaban J connectivity index is 2.57. The van der Waals surface area contributed by atoms with Crippen molar-refractivity contribution in [3.05, 3.63) is 12.3 Å². The lowest BCUT2D eigenvalue weighted by atomic mass is 10.3. The molecular weight excluding hydrogens is 220 g/mol. The van der Waals surface area contributed by atoms with Gasteiger partial charge in [-0.05, 0) is 6.92 Å². The third kappa shape index (κ3) is 3.93. The summed E-state index contributed by atoms with van der Waals surface area (Å²) in [5.41, 5.74) is 0. The molecule has 0 fully saturated rings. The van der Waals surface area contributed by atoms with Crippen LogP contribution in [-0.2, 0) is 0 Å². The van der Waals surface area contributed by atoms with E-state index in [2.05, 4.69) is 15.3 Å². The first-order chi connectivity index (χ1) is 7.57. The largest absolute Gasteiger partial charge is 0.478 e. The minimum absolute atomic E-state index is 0.0408. The van der Waals surface area contributed by atoms with Gasteiger partial charge in [0.2, 0.25) is 11.8 Å². The van der Waals surface area contributed by atoms with Gasteiger partial charge in [0.25, 0.3) is 5.92 Å². The van der Waals surface area contributed by atoms with Crippen LogP contribution < -0.4 is 10.1 Å². The van der Waals surface area contributed by atoms with Crippen molar-refractivity contribution in [3.8, 4) is 5.88 Å². The van der Waals surface area contributed by atoms with Crippen molar-refractivity contribution in [2.45, 2.75) is 12.8 Å². The van der Waals surface area contributed by atoms with E-state index in [0.717, 1.165) is 0 Å². The molecule has 1 heterocycles. The van der Waals surface area contributed by atoms with E-state index < -0.39 is 19.1 Å². The predicted octanol–water partition coefficient (Wildman–Crippen LogP) is 0.915. The van der Waals surface area contributed by atoms with Crippen LogP contribution in [-0.4, -0.2) is 40.8 Å². The Labute approximate surface area is 91.5 Å². The average Bonchev–Trinajstić information content (AvgIpc) is 2.28. The molecule has 5 nitrogen and oxygen atoms in total. The molecule has 0 aliphatic heterocycles. The molecule has 1 aromatic rings. The highest BCUT2D eigenvalue weighted by atomic mass is 19.3. The van der Waals surface area contributed by atoms with Gasteiger partial charge < -0.3 is 15.2 Å². The van der Waals surface area contributed by atoms with E-state index in [1.165, 1.54) is 12.3 Å². The Morgan fingerprint density at radius 3 is 2.94 bits per heavy atom. The molecule has 0 bridgehead atoms. The van der Waals surface area contributed by atoms with Gasteiger partial charge in [-0.1, -0.05) is 0 Å². The maximum absolute atomic E-state index is 12.7. The zero-order chi connectivity index (χ0) is 12.0.